The van der Waals surface area contributed by atoms with E-state index in [9.17, 15) is 4.79 Å². The van der Waals surface area contributed by atoms with Crippen molar-refractivity contribution in [3.63, 3.8) is 0 Å². The molecule has 134 valence electrons. The van der Waals surface area contributed by atoms with Crippen molar-refractivity contribution < 1.29 is 9.53 Å². The smallest absolute Gasteiger partial charge is 0.265 e. The van der Waals surface area contributed by atoms with Crippen LogP contribution in [0.5, 0.6) is 5.75 Å². The van der Waals surface area contributed by atoms with Gasteiger partial charge in [0.25, 0.3) is 5.91 Å². The lowest BCUT2D eigenvalue weighted by Gasteiger charge is -2.21. The van der Waals surface area contributed by atoms with Gasteiger partial charge in [0.15, 0.2) is 6.10 Å². The number of benzene rings is 2. The Hall–Kier alpha value is -2.29. The van der Waals surface area contributed by atoms with Crippen molar-refractivity contribution in [2.75, 3.05) is 5.32 Å². The highest BCUT2D eigenvalue weighted by atomic mass is 16.5. The summed E-state index contributed by atoms with van der Waals surface area (Å²) in [6.45, 7) is 12.6. The van der Waals surface area contributed by atoms with E-state index in [0.29, 0.717) is 6.42 Å². The lowest BCUT2D eigenvalue weighted by Crippen LogP contribution is -2.32. The van der Waals surface area contributed by atoms with Gasteiger partial charge in [0.05, 0.1) is 0 Å². The fourth-order valence-electron chi connectivity index (χ4n) is 2.56. The molecule has 2 rings (SSSR count). The number of nitrogens with one attached hydrogen (secondary N) is 1. The third-order valence-corrected chi connectivity index (χ3v) is 4.44. The van der Waals surface area contributed by atoms with E-state index in [4.69, 9.17) is 4.74 Å². The fourth-order valence-corrected chi connectivity index (χ4v) is 2.56. The maximum atomic E-state index is 12.5. The van der Waals surface area contributed by atoms with E-state index >= 15 is 0 Å². The van der Waals surface area contributed by atoms with E-state index in [1.165, 1.54) is 11.1 Å². The fraction of sp³-hybridized carbons (Fsp3) is 0.409. The minimum Gasteiger partial charge on any atom is -0.481 e. The predicted molar refractivity (Wildman–Crippen MR) is 104 cm³/mol. The summed E-state index contributed by atoms with van der Waals surface area (Å²) >= 11 is 0. The monoisotopic (exact) mass is 339 g/mol. The van der Waals surface area contributed by atoms with Gasteiger partial charge in [-0.2, -0.15) is 0 Å². The highest BCUT2D eigenvalue weighted by molar-refractivity contribution is 5.94. The number of ether oxygens (including phenoxy) is 1. The Morgan fingerprint density at radius 1 is 1.04 bits per heavy atom. The second-order valence-corrected chi connectivity index (χ2v) is 7.58. The number of carbonyl (C=O) groups excluding carboxylic acids is 1. The molecule has 0 heterocycles. The van der Waals surface area contributed by atoms with Gasteiger partial charge in [-0.1, -0.05) is 45.9 Å². The average molecular weight is 339 g/mol. The maximum absolute atomic E-state index is 12.5. The van der Waals surface area contributed by atoms with E-state index in [-0.39, 0.29) is 11.3 Å². The van der Waals surface area contributed by atoms with Crippen LogP contribution in [0.1, 0.15) is 50.8 Å². The van der Waals surface area contributed by atoms with Gasteiger partial charge in [-0.25, -0.2) is 0 Å². The van der Waals surface area contributed by atoms with Crippen LogP contribution in [-0.2, 0) is 10.2 Å². The van der Waals surface area contributed by atoms with Crippen LogP contribution in [0.4, 0.5) is 5.69 Å². The number of anilines is 1. The zero-order chi connectivity index (χ0) is 18.6. The van der Waals surface area contributed by atoms with E-state index in [0.717, 1.165) is 17.0 Å². The minimum absolute atomic E-state index is 0.101. The summed E-state index contributed by atoms with van der Waals surface area (Å²) in [6.07, 6.45) is 0.0969. The summed E-state index contributed by atoms with van der Waals surface area (Å²) in [5.41, 5.74) is 4.51. The average Bonchev–Trinajstić information content (AvgIpc) is 2.55. The summed E-state index contributed by atoms with van der Waals surface area (Å²) in [7, 11) is 0. The summed E-state index contributed by atoms with van der Waals surface area (Å²) in [6, 6.07) is 13.9. The normalized spacial score (nSPS) is 12.6. The van der Waals surface area contributed by atoms with Crippen molar-refractivity contribution in [3.8, 4) is 5.75 Å². The SMILES string of the molecule is CC[C@H](Oc1ccc(C(C)(C)C)cc1)C(=O)Nc1ccc(C)c(C)c1. The van der Waals surface area contributed by atoms with Gasteiger partial charge in [-0.3, -0.25) is 4.79 Å². The Balaban J connectivity index is 2.05. The van der Waals surface area contributed by atoms with Crippen molar-refractivity contribution >= 4 is 11.6 Å². The summed E-state index contributed by atoms with van der Waals surface area (Å²) in [5, 5.41) is 2.95. The third-order valence-electron chi connectivity index (χ3n) is 4.44. The van der Waals surface area contributed by atoms with Crippen molar-refractivity contribution in [1.29, 1.82) is 0 Å². The molecule has 0 aromatic heterocycles. The Morgan fingerprint density at radius 3 is 2.20 bits per heavy atom. The van der Waals surface area contributed by atoms with E-state index < -0.39 is 6.10 Å². The van der Waals surface area contributed by atoms with Crippen molar-refractivity contribution in [3.05, 3.63) is 59.2 Å². The molecule has 0 saturated carbocycles. The molecule has 3 nitrogen and oxygen atoms in total. The largest absolute Gasteiger partial charge is 0.481 e. The lowest BCUT2D eigenvalue weighted by molar-refractivity contribution is -0.122. The summed E-state index contributed by atoms with van der Waals surface area (Å²) in [4.78, 5) is 12.5. The predicted octanol–water partition coefficient (Wildman–Crippen LogP) is 5.40. The van der Waals surface area contributed by atoms with Gasteiger partial charge in [0.2, 0.25) is 0 Å². The zero-order valence-corrected chi connectivity index (χ0v) is 16.1. The molecule has 1 N–H and O–H groups in total. The highest BCUT2D eigenvalue weighted by Gasteiger charge is 2.19. The molecule has 3 heteroatoms. The number of hydrogen-bond acceptors (Lipinski definition) is 2. The lowest BCUT2D eigenvalue weighted by atomic mass is 9.87. The van der Waals surface area contributed by atoms with Gasteiger partial charge in [0, 0.05) is 5.69 Å². The molecule has 25 heavy (non-hydrogen) atoms. The number of aryl methyl sites for hydroxylation is 2. The number of carbonyl (C=O) groups is 1. The highest BCUT2D eigenvalue weighted by Crippen LogP contribution is 2.25. The molecule has 1 atom stereocenters. The second-order valence-electron chi connectivity index (χ2n) is 7.58. The number of rotatable bonds is 5. The molecule has 0 radical (unpaired) electrons. The minimum atomic E-state index is -0.512. The van der Waals surface area contributed by atoms with E-state index in [2.05, 4.69) is 45.1 Å². The Labute approximate surface area is 151 Å². The van der Waals surface area contributed by atoms with Crippen LogP contribution in [0.25, 0.3) is 0 Å². The molecular weight excluding hydrogens is 310 g/mol. The molecule has 1 amide bonds. The standard InChI is InChI=1S/C22H29NO2/c1-7-20(21(24)23-18-11-8-15(2)16(3)14-18)25-19-12-9-17(10-13-19)22(4,5)6/h8-14,20H,7H2,1-6H3,(H,23,24)/t20-/m0/s1. The van der Waals surface area contributed by atoms with E-state index in [1.54, 1.807) is 0 Å². The zero-order valence-electron chi connectivity index (χ0n) is 16.1. The first-order chi connectivity index (χ1) is 11.7. The van der Waals surface area contributed by atoms with E-state index in [1.807, 2.05) is 44.2 Å². The van der Waals surface area contributed by atoms with Gasteiger partial charge >= 0.3 is 0 Å². The Kier molecular flexibility index (Phi) is 5.89. The molecule has 0 bridgehead atoms. The van der Waals surface area contributed by atoms with Gasteiger partial charge in [0.1, 0.15) is 5.75 Å². The quantitative estimate of drug-likeness (QED) is 0.792. The Morgan fingerprint density at radius 2 is 1.68 bits per heavy atom. The molecule has 0 aliphatic heterocycles. The van der Waals surface area contributed by atoms with Gasteiger partial charge in [-0.05, 0) is 66.6 Å². The summed E-state index contributed by atoms with van der Waals surface area (Å²) < 4.78 is 5.91. The maximum Gasteiger partial charge on any atom is 0.265 e. The van der Waals surface area contributed by atoms with Crippen LogP contribution in [0.2, 0.25) is 0 Å². The molecule has 2 aromatic carbocycles. The topological polar surface area (TPSA) is 38.3 Å². The first-order valence-corrected chi connectivity index (χ1v) is 8.86. The molecule has 0 fully saturated rings. The first-order valence-electron chi connectivity index (χ1n) is 8.86. The van der Waals surface area contributed by atoms with Crippen LogP contribution in [0.15, 0.2) is 42.5 Å². The molecule has 0 aliphatic carbocycles. The first kappa shape index (κ1) is 19.0. The molecule has 0 spiro atoms. The molecule has 0 saturated heterocycles. The molecule has 0 aliphatic rings. The Bertz CT molecular complexity index is 727. The van der Waals surface area contributed by atoms with Crippen molar-refractivity contribution in [2.24, 2.45) is 0 Å². The molecule has 0 unspecified atom stereocenters. The summed E-state index contributed by atoms with van der Waals surface area (Å²) in [5.74, 6) is 0.598. The van der Waals surface area contributed by atoms with Crippen LogP contribution in [0, 0.1) is 13.8 Å². The van der Waals surface area contributed by atoms with Crippen LogP contribution >= 0.6 is 0 Å². The molecule has 2 aromatic rings. The molecular formula is C22H29NO2. The van der Waals surface area contributed by atoms with Gasteiger partial charge < -0.3 is 10.1 Å². The van der Waals surface area contributed by atoms with Gasteiger partial charge in [-0.15, -0.1) is 0 Å². The second kappa shape index (κ2) is 7.73. The van der Waals surface area contributed by atoms with Crippen LogP contribution in [0.3, 0.4) is 0 Å². The number of amides is 1. The number of hydrogen-bond donors (Lipinski definition) is 1. The van der Waals surface area contributed by atoms with Crippen molar-refractivity contribution in [2.45, 2.75) is 59.5 Å². The van der Waals surface area contributed by atoms with Crippen molar-refractivity contribution in [1.82, 2.24) is 0 Å². The third kappa shape index (κ3) is 5.09. The van der Waals surface area contributed by atoms with Crippen LogP contribution < -0.4 is 10.1 Å². The van der Waals surface area contributed by atoms with Crippen LogP contribution in [-0.4, -0.2) is 12.0 Å².